The van der Waals surface area contributed by atoms with Gasteiger partial charge in [-0.25, -0.2) is 9.59 Å². The molecule has 152 valence electrons. The fourth-order valence-electron chi connectivity index (χ4n) is 3.17. The Balaban J connectivity index is 1.64. The highest BCUT2D eigenvalue weighted by molar-refractivity contribution is 6.48. The van der Waals surface area contributed by atoms with Crippen LogP contribution < -0.4 is 5.32 Å². The number of aromatic nitrogens is 1. The van der Waals surface area contributed by atoms with Gasteiger partial charge in [-0.1, -0.05) is 53.0 Å². The van der Waals surface area contributed by atoms with Gasteiger partial charge in [-0.05, 0) is 30.3 Å². The van der Waals surface area contributed by atoms with Crippen molar-refractivity contribution in [3.63, 3.8) is 0 Å². The molecule has 0 spiro atoms. The zero-order valence-corrected chi connectivity index (χ0v) is 17.5. The SMILES string of the molecule is O=C1OC(CC(=O)c2cn(C(=O)Nc3ccc(Cl)cc3)c3ccccc23)C(Cl)=C1Cl. The van der Waals surface area contributed by atoms with Crippen LogP contribution in [0.2, 0.25) is 5.02 Å². The summed E-state index contributed by atoms with van der Waals surface area (Å²) in [6, 6.07) is 13.2. The molecule has 0 saturated carbocycles. The molecule has 30 heavy (non-hydrogen) atoms. The maximum absolute atomic E-state index is 12.9. The fourth-order valence-corrected chi connectivity index (χ4v) is 3.66. The second kappa shape index (κ2) is 8.14. The lowest BCUT2D eigenvalue weighted by Crippen LogP contribution is -2.19. The number of anilines is 1. The first-order valence-corrected chi connectivity index (χ1v) is 9.95. The van der Waals surface area contributed by atoms with Crippen molar-refractivity contribution >= 4 is 69.2 Å². The highest BCUT2D eigenvalue weighted by Gasteiger charge is 2.34. The summed E-state index contributed by atoms with van der Waals surface area (Å²) in [7, 11) is 0. The van der Waals surface area contributed by atoms with Crippen LogP contribution in [0.4, 0.5) is 10.5 Å². The third-order valence-electron chi connectivity index (χ3n) is 4.62. The Hall–Kier alpha value is -2.80. The molecule has 0 saturated heterocycles. The van der Waals surface area contributed by atoms with Crippen LogP contribution in [0.1, 0.15) is 16.8 Å². The number of amides is 1. The van der Waals surface area contributed by atoms with Crippen LogP contribution in [-0.4, -0.2) is 28.5 Å². The van der Waals surface area contributed by atoms with Crippen molar-refractivity contribution in [3.8, 4) is 0 Å². The second-order valence-corrected chi connectivity index (χ2v) is 7.77. The van der Waals surface area contributed by atoms with Gasteiger partial charge in [0.1, 0.15) is 11.1 Å². The molecule has 1 N–H and O–H groups in total. The van der Waals surface area contributed by atoms with Gasteiger partial charge in [-0.2, -0.15) is 0 Å². The lowest BCUT2D eigenvalue weighted by molar-refractivity contribution is -0.138. The number of carbonyl (C=O) groups is 3. The molecule has 2 aromatic carbocycles. The lowest BCUT2D eigenvalue weighted by atomic mass is 10.0. The van der Waals surface area contributed by atoms with Crippen LogP contribution in [-0.2, 0) is 9.53 Å². The van der Waals surface area contributed by atoms with Crippen LogP contribution in [0, 0.1) is 0 Å². The first-order valence-electron chi connectivity index (χ1n) is 8.81. The fraction of sp³-hybridized carbons (Fsp3) is 0.0952. The van der Waals surface area contributed by atoms with Gasteiger partial charge in [0.25, 0.3) is 0 Å². The van der Waals surface area contributed by atoms with Crippen LogP contribution in [0.5, 0.6) is 0 Å². The van der Waals surface area contributed by atoms with Crippen molar-refractivity contribution in [1.29, 1.82) is 0 Å². The third-order valence-corrected chi connectivity index (χ3v) is 5.76. The molecular weight excluding hydrogens is 451 g/mol. The van der Waals surface area contributed by atoms with E-state index in [2.05, 4.69) is 5.32 Å². The predicted octanol–water partition coefficient (Wildman–Crippen LogP) is 5.56. The van der Waals surface area contributed by atoms with E-state index in [9.17, 15) is 14.4 Å². The van der Waals surface area contributed by atoms with Crippen molar-refractivity contribution in [2.75, 3.05) is 5.32 Å². The summed E-state index contributed by atoms with van der Waals surface area (Å²) < 4.78 is 6.39. The molecule has 4 rings (SSSR count). The Morgan fingerprint density at radius 1 is 1.03 bits per heavy atom. The van der Waals surface area contributed by atoms with E-state index >= 15 is 0 Å². The summed E-state index contributed by atoms with van der Waals surface area (Å²) in [5.41, 5.74) is 1.41. The van der Waals surface area contributed by atoms with Gasteiger partial charge >= 0.3 is 12.0 Å². The van der Waals surface area contributed by atoms with E-state index in [0.717, 1.165) is 0 Å². The Labute approximate surface area is 186 Å². The van der Waals surface area contributed by atoms with Gasteiger partial charge in [-0.3, -0.25) is 9.36 Å². The summed E-state index contributed by atoms with van der Waals surface area (Å²) in [4.78, 5) is 37.3. The molecule has 0 radical (unpaired) electrons. The monoisotopic (exact) mass is 462 g/mol. The number of esters is 1. The van der Waals surface area contributed by atoms with Crippen LogP contribution in [0.25, 0.3) is 10.9 Å². The number of nitrogens with zero attached hydrogens (tertiary/aromatic N) is 1. The molecule has 1 amide bonds. The molecule has 2 heterocycles. The number of hydrogen-bond donors (Lipinski definition) is 1. The van der Waals surface area contributed by atoms with Gasteiger partial charge in [0.15, 0.2) is 5.78 Å². The maximum atomic E-state index is 12.9. The van der Waals surface area contributed by atoms with E-state index in [0.29, 0.717) is 27.2 Å². The molecular formula is C21H13Cl3N2O4. The summed E-state index contributed by atoms with van der Waals surface area (Å²) in [6.07, 6.45) is 0.325. The summed E-state index contributed by atoms with van der Waals surface area (Å²) in [5.74, 6) is -1.10. The highest BCUT2D eigenvalue weighted by atomic mass is 35.5. The van der Waals surface area contributed by atoms with Crippen molar-refractivity contribution in [2.24, 2.45) is 0 Å². The number of para-hydroxylation sites is 1. The Morgan fingerprint density at radius 3 is 2.40 bits per heavy atom. The lowest BCUT2D eigenvalue weighted by Gasteiger charge is -2.08. The Kier molecular flexibility index (Phi) is 5.56. The third kappa shape index (κ3) is 3.81. The minimum absolute atomic E-state index is 0.000707. The van der Waals surface area contributed by atoms with Gasteiger partial charge in [-0.15, -0.1) is 0 Å². The van der Waals surface area contributed by atoms with Gasteiger partial charge < -0.3 is 10.1 Å². The summed E-state index contributed by atoms with van der Waals surface area (Å²) in [6.45, 7) is 0. The summed E-state index contributed by atoms with van der Waals surface area (Å²) in [5, 5.41) is 3.67. The first-order chi connectivity index (χ1) is 14.3. The number of benzene rings is 2. The molecule has 1 aliphatic heterocycles. The topological polar surface area (TPSA) is 77.4 Å². The van der Waals surface area contributed by atoms with E-state index in [1.807, 2.05) is 0 Å². The zero-order chi connectivity index (χ0) is 21.4. The van der Waals surface area contributed by atoms with E-state index in [4.69, 9.17) is 39.5 Å². The van der Waals surface area contributed by atoms with Crippen molar-refractivity contribution in [3.05, 3.63) is 75.4 Å². The maximum Gasteiger partial charge on any atom is 0.351 e. The van der Waals surface area contributed by atoms with Crippen LogP contribution in [0.3, 0.4) is 0 Å². The largest absolute Gasteiger partial charge is 0.452 e. The van der Waals surface area contributed by atoms with Gasteiger partial charge in [0, 0.05) is 27.9 Å². The zero-order valence-electron chi connectivity index (χ0n) is 15.2. The number of carbonyl (C=O) groups excluding carboxylic acids is 3. The molecule has 1 atom stereocenters. The predicted molar refractivity (Wildman–Crippen MR) is 115 cm³/mol. The molecule has 1 unspecified atom stereocenters. The standard InChI is InChI=1S/C21H13Cl3N2O4/c22-11-5-7-12(8-6-11)25-21(29)26-10-14(13-3-1-2-4-15(13)26)16(27)9-17-18(23)19(24)20(28)30-17/h1-8,10,17H,9H2,(H,25,29). The molecule has 1 aliphatic rings. The number of nitrogens with one attached hydrogen (secondary N) is 1. The molecule has 1 aromatic heterocycles. The quantitative estimate of drug-likeness (QED) is 0.406. The molecule has 3 aromatic rings. The molecule has 6 nitrogen and oxygen atoms in total. The normalized spacial score (nSPS) is 16.1. The first kappa shape index (κ1) is 20.5. The highest BCUT2D eigenvalue weighted by Crippen LogP contribution is 2.32. The number of Topliss-reactive ketones (excluding diaryl/α,β-unsaturated/α-hetero) is 1. The van der Waals surface area contributed by atoms with E-state index in [1.165, 1.54) is 10.8 Å². The molecule has 0 aliphatic carbocycles. The van der Waals surface area contributed by atoms with E-state index in [-0.39, 0.29) is 22.3 Å². The molecule has 0 fully saturated rings. The van der Waals surface area contributed by atoms with Crippen molar-refractivity contribution < 1.29 is 19.1 Å². The second-order valence-electron chi connectivity index (χ2n) is 6.55. The van der Waals surface area contributed by atoms with Crippen molar-refractivity contribution in [2.45, 2.75) is 12.5 Å². The number of ketones is 1. The number of rotatable bonds is 4. The average molecular weight is 464 g/mol. The Bertz CT molecular complexity index is 1210. The smallest absolute Gasteiger partial charge is 0.351 e. The van der Waals surface area contributed by atoms with Gasteiger partial charge in [0.05, 0.1) is 17.0 Å². The number of fused-ring (bicyclic) bond motifs is 1. The van der Waals surface area contributed by atoms with E-state index < -0.39 is 18.1 Å². The minimum Gasteiger partial charge on any atom is -0.452 e. The molecule has 9 heteroatoms. The number of hydrogen-bond acceptors (Lipinski definition) is 4. The Morgan fingerprint density at radius 2 is 1.73 bits per heavy atom. The molecule has 0 bridgehead atoms. The average Bonchev–Trinajstić information content (AvgIpc) is 3.23. The van der Waals surface area contributed by atoms with Crippen LogP contribution >= 0.6 is 34.8 Å². The van der Waals surface area contributed by atoms with Crippen LogP contribution in [0.15, 0.2) is 64.8 Å². The van der Waals surface area contributed by atoms with E-state index in [1.54, 1.807) is 48.5 Å². The number of halogens is 3. The summed E-state index contributed by atoms with van der Waals surface area (Å²) >= 11 is 17.6. The van der Waals surface area contributed by atoms with Crippen molar-refractivity contribution in [1.82, 2.24) is 4.57 Å². The number of cyclic esters (lactones) is 1. The minimum atomic E-state index is -0.941. The van der Waals surface area contributed by atoms with Gasteiger partial charge in [0.2, 0.25) is 0 Å². The number of ether oxygens (including phenoxy) is 1.